The van der Waals surface area contributed by atoms with Crippen LogP contribution < -0.4 is 10.5 Å². The molecule has 0 spiro atoms. The zero-order chi connectivity index (χ0) is 15.3. The molecule has 1 aromatic rings. The zero-order valence-electron chi connectivity index (χ0n) is 12.6. The van der Waals surface area contributed by atoms with Crippen LogP contribution in [0, 0.1) is 13.8 Å². The van der Waals surface area contributed by atoms with Gasteiger partial charge in [-0.25, -0.2) is 13.1 Å². The lowest BCUT2D eigenvalue weighted by molar-refractivity contribution is 0.188. The second kappa shape index (κ2) is 7.17. The number of methoxy groups -OCH3 is 1. The molecule has 1 rings (SSSR count). The van der Waals surface area contributed by atoms with E-state index in [2.05, 4.69) is 4.72 Å². The van der Waals surface area contributed by atoms with Crippen LogP contribution in [0.3, 0.4) is 0 Å². The molecule has 0 bridgehead atoms. The average molecular weight is 300 g/mol. The minimum Gasteiger partial charge on any atom is -0.385 e. The Morgan fingerprint density at radius 2 is 2.00 bits per heavy atom. The van der Waals surface area contributed by atoms with E-state index in [1.165, 1.54) is 0 Å². The summed E-state index contributed by atoms with van der Waals surface area (Å²) >= 11 is 0. The first kappa shape index (κ1) is 17.1. The van der Waals surface area contributed by atoms with E-state index < -0.39 is 10.0 Å². The van der Waals surface area contributed by atoms with Gasteiger partial charge in [-0.15, -0.1) is 0 Å². The highest BCUT2D eigenvalue weighted by Gasteiger charge is 2.21. The first-order valence-electron chi connectivity index (χ1n) is 6.63. The van der Waals surface area contributed by atoms with Crippen molar-refractivity contribution in [2.24, 2.45) is 5.73 Å². The van der Waals surface area contributed by atoms with E-state index in [1.54, 1.807) is 13.2 Å². The Hall–Kier alpha value is -0.950. The maximum absolute atomic E-state index is 12.5. The maximum atomic E-state index is 12.5. The average Bonchev–Trinajstić information content (AvgIpc) is 2.38. The lowest BCUT2D eigenvalue weighted by Crippen LogP contribution is -2.34. The van der Waals surface area contributed by atoms with Crippen LogP contribution in [0.25, 0.3) is 0 Å². The number of sulfonamides is 1. The van der Waals surface area contributed by atoms with E-state index in [9.17, 15) is 8.42 Å². The topological polar surface area (TPSA) is 81.4 Å². The summed E-state index contributed by atoms with van der Waals surface area (Å²) in [6, 6.07) is 3.39. The third kappa shape index (κ3) is 4.28. The van der Waals surface area contributed by atoms with Crippen molar-refractivity contribution in [1.29, 1.82) is 0 Å². The van der Waals surface area contributed by atoms with Crippen molar-refractivity contribution in [3.8, 4) is 0 Å². The lowest BCUT2D eigenvalue weighted by Gasteiger charge is -2.17. The van der Waals surface area contributed by atoms with Gasteiger partial charge in [-0.2, -0.15) is 0 Å². The van der Waals surface area contributed by atoms with Crippen molar-refractivity contribution in [2.75, 3.05) is 13.7 Å². The molecule has 1 atom stereocenters. The molecule has 6 heteroatoms. The fraction of sp³-hybridized carbons (Fsp3) is 0.571. The van der Waals surface area contributed by atoms with Crippen LogP contribution in [-0.2, 0) is 21.3 Å². The number of rotatable bonds is 7. The third-order valence-corrected chi connectivity index (χ3v) is 5.03. The molecule has 1 aromatic carbocycles. The number of nitrogens with two attached hydrogens (primary N) is 1. The molecule has 3 N–H and O–H groups in total. The van der Waals surface area contributed by atoms with Crippen molar-refractivity contribution in [2.45, 2.75) is 44.7 Å². The van der Waals surface area contributed by atoms with Gasteiger partial charge in [0.2, 0.25) is 10.0 Å². The van der Waals surface area contributed by atoms with Gasteiger partial charge in [0, 0.05) is 26.3 Å². The second-order valence-corrected chi connectivity index (χ2v) is 6.73. The lowest BCUT2D eigenvalue weighted by atomic mass is 10.1. The van der Waals surface area contributed by atoms with Crippen LogP contribution in [-0.4, -0.2) is 28.2 Å². The predicted octanol–water partition coefficient (Wildman–Crippen LogP) is 1.47. The summed E-state index contributed by atoms with van der Waals surface area (Å²) in [6.07, 6.45) is 0.629. The molecular weight excluding hydrogens is 276 g/mol. The van der Waals surface area contributed by atoms with Gasteiger partial charge in [0.15, 0.2) is 0 Å². The van der Waals surface area contributed by atoms with Crippen LogP contribution in [0.15, 0.2) is 17.0 Å². The number of hydrogen-bond acceptors (Lipinski definition) is 4. The number of benzene rings is 1. The first-order chi connectivity index (χ1) is 9.31. The predicted molar refractivity (Wildman–Crippen MR) is 80.1 cm³/mol. The molecule has 0 fully saturated rings. The van der Waals surface area contributed by atoms with Crippen LogP contribution >= 0.6 is 0 Å². The van der Waals surface area contributed by atoms with Crippen molar-refractivity contribution >= 4 is 10.0 Å². The molecule has 114 valence electrons. The molecule has 0 heterocycles. The van der Waals surface area contributed by atoms with Crippen LogP contribution in [0.4, 0.5) is 0 Å². The summed E-state index contributed by atoms with van der Waals surface area (Å²) in [6.45, 7) is 6.37. The normalized spacial score (nSPS) is 13.4. The monoisotopic (exact) mass is 300 g/mol. The summed E-state index contributed by atoms with van der Waals surface area (Å²) < 4.78 is 32.5. The zero-order valence-corrected chi connectivity index (χ0v) is 13.4. The van der Waals surface area contributed by atoms with E-state index >= 15 is 0 Å². The Kier molecular flexibility index (Phi) is 6.13. The quantitative estimate of drug-likeness (QED) is 0.799. The highest BCUT2D eigenvalue weighted by Crippen LogP contribution is 2.21. The van der Waals surface area contributed by atoms with Crippen LogP contribution in [0.5, 0.6) is 0 Å². The Bertz CT molecular complexity index is 556. The number of aryl methyl sites for hydroxylation is 1. The molecule has 5 nitrogen and oxygen atoms in total. The van der Waals surface area contributed by atoms with Crippen molar-refractivity contribution < 1.29 is 13.2 Å². The van der Waals surface area contributed by atoms with Gasteiger partial charge in [-0.1, -0.05) is 6.07 Å². The van der Waals surface area contributed by atoms with Gasteiger partial charge >= 0.3 is 0 Å². The van der Waals surface area contributed by atoms with Crippen LogP contribution in [0.1, 0.15) is 30.0 Å². The van der Waals surface area contributed by atoms with Gasteiger partial charge < -0.3 is 10.5 Å². The summed E-state index contributed by atoms with van der Waals surface area (Å²) in [5.41, 5.74) is 8.12. The molecule has 20 heavy (non-hydrogen) atoms. The number of nitrogens with one attached hydrogen (secondary N) is 1. The molecular formula is C14H24N2O3S. The Labute approximate surface area is 121 Å². The van der Waals surface area contributed by atoms with Crippen molar-refractivity contribution in [3.05, 3.63) is 28.8 Å². The molecule has 0 aliphatic carbocycles. The highest BCUT2D eigenvalue weighted by atomic mass is 32.2. The minimum absolute atomic E-state index is 0.179. The molecule has 0 radical (unpaired) electrons. The molecule has 0 aromatic heterocycles. The Morgan fingerprint density at radius 1 is 1.35 bits per heavy atom. The fourth-order valence-electron chi connectivity index (χ4n) is 1.98. The van der Waals surface area contributed by atoms with E-state index in [4.69, 9.17) is 10.5 Å². The maximum Gasteiger partial charge on any atom is 0.241 e. The third-order valence-electron chi connectivity index (χ3n) is 3.32. The molecule has 0 aliphatic heterocycles. The van der Waals surface area contributed by atoms with Gasteiger partial charge in [0.25, 0.3) is 0 Å². The standard InChI is InChI=1S/C14H24N2O3S/c1-10-7-13(9-15)8-14(12(10)3)20(17,18)16-11(2)5-6-19-4/h7-8,11,16H,5-6,9,15H2,1-4H3. The number of hydrogen-bond donors (Lipinski definition) is 2. The summed E-state index contributed by atoms with van der Waals surface area (Å²) in [5.74, 6) is 0. The van der Waals surface area contributed by atoms with Crippen LogP contribution in [0.2, 0.25) is 0 Å². The smallest absolute Gasteiger partial charge is 0.241 e. The molecule has 0 aliphatic rings. The Morgan fingerprint density at radius 3 is 2.55 bits per heavy atom. The van der Waals surface area contributed by atoms with E-state index in [0.717, 1.165) is 16.7 Å². The fourth-order valence-corrected chi connectivity index (χ4v) is 3.62. The molecule has 0 saturated heterocycles. The second-order valence-electron chi connectivity index (χ2n) is 5.04. The number of ether oxygens (including phenoxy) is 1. The SMILES string of the molecule is COCCC(C)NS(=O)(=O)c1cc(CN)cc(C)c1C. The highest BCUT2D eigenvalue weighted by molar-refractivity contribution is 7.89. The van der Waals surface area contributed by atoms with Gasteiger partial charge in [0.05, 0.1) is 4.90 Å². The van der Waals surface area contributed by atoms with Gasteiger partial charge in [-0.3, -0.25) is 0 Å². The van der Waals surface area contributed by atoms with Crippen molar-refractivity contribution in [1.82, 2.24) is 4.72 Å². The van der Waals surface area contributed by atoms with E-state index in [-0.39, 0.29) is 6.04 Å². The van der Waals surface area contributed by atoms with E-state index in [0.29, 0.717) is 24.5 Å². The summed E-state index contributed by atoms with van der Waals surface area (Å²) in [5, 5.41) is 0. The summed E-state index contributed by atoms with van der Waals surface area (Å²) in [4.78, 5) is 0.308. The minimum atomic E-state index is -3.54. The van der Waals surface area contributed by atoms with Gasteiger partial charge in [-0.05, 0) is 49.9 Å². The summed E-state index contributed by atoms with van der Waals surface area (Å²) in [7, 11) is -1.94. The van der Waals surface area contributed by atoms with Crippen molar-refractivity contribution in [3.63, 3.8) is 0 Å². The molecule has 0 amide bonds. The van der Waals surface area contributed by atoms with E-state index in [1.807, 2.05) is 26.8 Å². The molecule has 1 unspecified atom stereocenters. The largest absolute Gasteiger partial charge is 0.385 e. The Balaban J connectivity index is 3.06. The van der Waals surface area contributed by atoms with Gasteiger partial charge in [0.1, 0.15) is 0 Å². The molecule has 0 saturated carbocycles. The first-order valence-corrected chi connectivity index (χ1v) is 8.11.